The van der Waals surface area contributed by atoms with Gasteiger partial charge >= 0.3 is 0 Å². The van der Waals surface area contributed by atoms with Gasteiger partial charge in [-0.3, -0.25) is 0 Å². The molecule has 0 fully saturated rings. The second-order valence-corrected chi connectivity index (χ2v) is 4.81. The number of hydrogen-bond acceptors (Lipinski definition) is 1. The molecule has 0 saturated carbocycles. The van der Waals surface area contributed by atoms with E-state index in [0.29, 0.717) is 5.92 Å². The Morgan fingerprint density at radius 1 is 1.07 bits per heavy atom. The van der Waals surface area contributed by atoms with Crippen LogP contribution in [-0.4, -0.2) is 0 Å². The minimum atomic E-state index is -0.143. The summed E-state index contributed by atoms with van der Waals surface area (Å²) in [4.78, 5) is 0. The third kappa shape index (κ3) is 1.98. The molecule has 1 aliphatic carbocycles. The summed E-state index contributed by atoms with van der Waals surface area (Å²) in [5.41, 5.74) is 8.84. The smallest absolute Gasteiger partial charge is 0.0479 e. The summed E-state index contributed by atoms with van der Waals surface area (Å²) < 4.78 is 0. The molecule has 15 heavy (non-hydrogen) atoms. The van der Waals surface area contributed by atoms with Gasteiger partial charge in [-0.15, -0.1) is 0 Å². The van der Waals surface area contributed by atoms with Gasteiger partial charge in [0.05, 0.1) is 0 Å². The van der Waals surface area contributed by atoms with Crippen LogP contribution in [0.3, 0.4) is 0 Å². The molecular formula is C14H19N. The van der Waals surface area contributed by atoms with Crippen LogP contribution in [0.2, 0.25) is 0 Å². The van der Waals surface area contributed by atoms with E-state index < -0.39 is 0 Å². The van der Waals surface area contributed by atoms with Gasteiger partial charge in [-0.1, -0.05) is 50.3 Å². The van der Waals surface area contributed by atoms with Crippen molar-refractivity contribution in [2.75, 3.05) is 0 Å². The molecule has 2 rings (SSSR count). The highest BCUT2D eigenvalue weighted by atomic mass is 14.7. The number of hydrogen-bond donors (Lipinski definition) is 1. The van der Waals surface area contributed by atoms with Crippen LogP contribution in [0.1, 0.15) is 43.7 Å². The molecule has 1 aromatic rings. The van der Waals surface area contributed by atoms with Crippen LogP contribution in [0.25, 0.3) is 0 Å². The van der Waals surface area contributed by atoms with Gasteiger partial charge in [0.2, 0.25) is 0 Å². The fourth-order valence-electron chi connectivity index (χ4n) is 2.11. The fourth-order valence-corrected chi connectivity index (χ4v) is 2.11. The van der Waals surface area contributed by atoms with Crippen LogP contribution < -0.4 is 5.73 Å². The van der Waals surface area contributed by atoms with Crippen LogP contribution in [0.15, 0.2) is 36.4 Å². The van der Waals surface area contributed by atoms with Crippen LogP contribution >= 0.6 is 0 Å². The Hall–Kier alpha value is -1.08. The van der Waals surface area contributed by atoms with Gasteiger partial charge in [-0.2, -0.15) is 0 Å². The van der Waals surface area contributed by atoms with Crippen molar-refractivity contribution >= 4 is 0 Å². The van der Waals surface area contributed by atoms with Crippen molar-refractivity contribution < 1.29 is 0 Å². The molecule has 0 spiro atoms. The monoisotopic (exact) mass is 201 g/mol. The van der Waals surface area contributed by atoms with Gasteiger partial charge in [0, 0.05) is 5.54 Å². The van der Waals surface area contributed by atoms with Crippen molar-refractivity contribution in [2.24, 2.45) is 5.73 Å². The average Bonchev–Trinajstić information content (AvgIpc) is 2.67. The first-order chi connectivity index (χ1) is 7.12. The molecule has 1 nitrogen and oxygen atoms in total. The highest BCUT2D eigenvalue weighted by molar-refractivity contribution is 5.32. The van der Waals surface area contributed by atoms with E-state index in [-0.39, 0.29) is 5.54 Å². The van der Waals surface area contributed by atoms with Crippen LogP contribution in [0.4, 0.5) is 0 Å². The Balaban J connectivity index is 2.23. The van der Waals surface area contributed by atoms with Crippen molar-refractivity contribution in [2.45, 2.75) is 38.1 Å². The van der Waals surface area contributed by atoms with E-state index in [1.165, 1.54) is 11.1 Å². The Labute approximate surface area is 92.0 Å². The molecule has 0 unspecified atom stereocenters. The lowest BCUT2D eigenvalue weighted by Crippen LogP contribution is -2.33. The van der Waals surface area contributed by atoms with E-state index in [2.05, 4.69) is 50.3 Å². The first-order valence-corrected chi connectivity index (χ1v) is 5.66. The standard InChI is InChI=1S/C14H19N/c1-11(2)12-5-7-13(8-6-12)14(15)9-3-4-10-14/h3-8,11H,9-10,15H2,1-2H3. The lowest BCUT2D eigenvalue weighted by atomic mass is 9.87. The Morgan fingerprint density at radius 2 is 1.60 bits per heavy atom. The summed E-state index contributed by atoms with van der Waals surface area (Å²) in [6, 6.07) is 8.77. The molecule has 0 atom stereocenters. The van der Waals surface area contributed by atoms with E-state index >= 15 is 0 Å². The Morgan fingerprint density at radius 3 is 2.07 bits per heavy atom. The van der Waals surface area contributed by atoms with E-state index in [9.17, 15) is 0 Å². The number of rotatable bonds is 2. The third-order valence-corrected chi connectivity index (χ3v) is 3.28. The average molecular weight is 201 g/mol. The van der Waals surface area contributed by atoms with Gasteiger partial charge in [0.25, 0.3) is 0 Å². The zero-order chi connectivity index (χ0) is 10.9. The first-order valence-electron chi connectivity index (χ1n) is 5.66. The van der Waals surface area contributed by atoms with Crippen molar-refractivity contribution in [3.05, 3.63) is 47.5 Å². The van der Waals surface area contributed by atoms with Gasteiger partial charge in [-0.05, 0) is 29.9 Å². The largest absolute Gasteiger partial charge is 0.321 e. The van der Waals surface area contributed by atoms with Crippen molar-refractivity contribution in [1.29, 1.82) is 0 Å². The van der Waals surface area contributed by atoms with E-state index in [1.54, 1.807) is 0 Å². The second-order valence-electron chi connectivity index (χ2n) is 4.81. The lowest BCUT2D eigenvalue weighted by molar-refractivity contribution is 0.480. The minimum Gasteiger partial charge on any atom is -0.321 e. The predicted octanol–water partition coefficient (Wildman–Crippen LogP) is 3.31. The summed E-state index contributed by atoms with van der Waals surface area (Å²) in [6.45, 7) is 4.43. The quantitative estimate of drug-likeness (QED) is 0.730. The highest BCUT2D eigenvalue weighted by Crippen LogP contribution is 2.32. The van der Waals surface area contributed by atoms with Gasteiger partial charge in [0.15, 0.2) is 0 Å². The third-order valence-electron chi connectivity index (χ3n) is 3.28. The molecule has 80 valence electrons. The van der Waals surface area contributed by atoms with Gasteiger partial charge in [-0.25, -0.2) is 0 Å². The molecule has 0 amide bonds. The summed E-state index contributed by atoms with van der Waals surface area (Å²) >= 11 is 0. The molecular weight excluding hydrogens is 182 g/mol. The predicted molar refractivity (Wildman–Crippen MR) is 64.8 cm³/mol. The van der Waals surface area contributed by atoms with Crippen molar-refractivity contribution in [3.8, 4) is 0 Å². The maximum Gasteiger partial charge on any atom is 0.0479 e. The fraction of sp³-hybridized carbons (Fsp3) is 0.429. The zero-order valence-corrected chi connectivity index (χ0v) is 9.53. The maximum absolute atomic E-state index is 6.34. The van der Waals surface area contributed by atoms with Gasteiger partial charge < -0.3 is 5.73 Å². The normalized spacial score (nSPS) is 18.7. The molecule has 1 aliphatic rings. The second kappa shape index (κ2) is 3.82. The van der Waals surface area contributed by atoms with Crippen LogP contribution in [0.5, 0.6) is 0 Å². The topological polar surface area (TPSA) is 26.0 Å². The van der Waals surface area contributed by atoms with Gasteiger partial charge in [0.1, 0.15) is 0 Å². The highest BCUT2D eigenvalue weighted by Gasteiger charge is 2.27. The van der Waals surface area contributed by atoms with Crippen LogP contribution in [0, 0.1) is 0 Å². The van der Waals surface area contributed by atoms with E-state index in [4.69, 9.17) is 5.73 Å². The van der Waals surface area contributed by atoms with Crippen molar-refractivity contribution in [1.82, 2.24) is 0 Å². The van der Waals surface area contributed by atoms with Crippen molar-refractivity contribution in [3.63, 3.8) is 0 Å². The molecule has 2 N–H and O–H groups in total. The molecule has 0 radical (unpaired) electrons. The maximum atomic E-state index is 6.34. The van der Waals surface area contributed by atoms with Crippen LogP contribution in [-0.2, 0) is 5.54 Å². The molecule has 0 aromatic heterocycles. The molecule has 1 aromatic carbocycles. The SMILES string of the molecule is CC(C)c1ccc(C2(N)CC=CC2)cc1. The Kier molecular flexibility index (Phi) is 2.66. The summed E-state index contributed by atoms with van der Waals surface area (Å²) in [5, 5.41) is 0. The first kappa shape index (κ1) is 10.4. The van der Waals surface area contributed by atoms with E-state index in [1.807, 2.05) is 0 Å². The Bertz CT molecular complexity index is 351. The number of nitrogens with two attached hydrogens (primary N) is 1. The molecule has 0 saturated heterocycles. The lowest BCUT2D eigenvalue weighted by Gasteiger charge is -2.24. The summed E-state index contributed by atoms with van der Waals surface area (Å²) in [5.74, 6) is 0.592. The molecule has 1 heteroatoms. The number of benzene rings is 1. The molecule has 0 aliphatic heterocycles. The zero-order valence-electron chi connectivity index (χ0n) is 9.53. The summed E-state index contributed by atoms with van der Waals surface area (Å²) in [7, 11) is 0. The molecule has 0 bridgehead atoms. The minimum absolute atomic E-state index is 0.143. The van der Waals surface area contributed by atoms with E-state index in [0.717, 1.165) is 12.8 Å². The molecule has 0 heterocycles. The summed E-state index contributed by atoms with van der Waals surface area (Å²) in [6.07, 6.45) is 6.29.